The van der Waals surface area contributed by atoms with Gasteiger partial charge in [-0.25, -0.2) is 0 Å². The quantitative estimate of drug-likeness (QED) is 0.682. The molecule has 2 heteroatoms. The first kappa shape index (κ1) is 14.3. The van der Waals surface area contributed by atoms with Crippen molar-refractivity contribution in [1.82, 2.24) is 0 Å². The summed E-state index contributed by atoms with van der Waals surface area (Å²) in [5.41, 5.74) is 1.30. The average Bonchev–Trinajstić information content (AvgIpc) is 2.37. The number of Topliss-reactive ketones (excluding diaryl/α,β-unsaturated/α-hetero) is 1. The van der Waals surface area contributed by atoms with Gasteiger partial charge in [0.25, 0.3) is 0 Å². The first-order chi connectivity index (χ1) is 9.23. The lowest BCUT2D eigenvalue weighted by Crippen LogP contribution is -2.56. The molecule has 0 radical (unpaired) electrons. The fourth-order valence-electron chi connectivity index (χ4n) is 5.61. The minimum atomic E-state index is -0.211. The zero-order chi connectivity index (χ0) is 14.8. The van der Waals surface area contributed by atoms with Crippen LogP contribution >= 0.6 is 0 Å². The van der Waals surface area contributed by atoms with Crippen molar-refractivity contribution in [3.8, 4) is 0 Å². The van der Waals surface area contributed by atoms with Crippen LogP contribution in [0.3, 0.4) is 0 Å². The average molecular weight is 276 g/mol. The number of fused-ring (bicyclic) bond motifs is 3. The summed E-state index contributed by atoms with van der Waals surface area (Å²) in [6.45, 7) is 8.88. The number of hydrogen-bond donors (Lipinski definition) is 1. The molecule has 0 heterocycles. The van der Waals surface area contributed by atoms with Crippen molar-refractivity contribution in [1.29, 1.82) is 0 Å². The number of aliphatic hydroxyl groups is 1. The molecular weight excluding hydrogens is 248 g/mol. The van der Waals surface area contributed by atoms with E-state index in [9.17, 15) is 9.90 Å². The summed E-state index contributed by atoms with van der Waals surface area (Å²) in [6.07, 6.45) is 7.83. The minimum Gasteiger partial charge on any atom is -0.392 e. The van der Waals surface area contributed by atoms with Crippen LogP contribution < -0.4 is 0 Å². The molecule has 3 aliphatic carbocycles. The number of carbonyl (C=O) groups excluding carboxylic acids is 1. The third-order valence-electron chi connectivity index (χ3n) is 6.94. The van der Waals surface area contributed by atoms with E-state index in [-0.39, 0.29) is 22.3 Å². The summed E-state index contributed by atoms with van der Waals surface area (Å²) < 4.78 is 0. The highest BCUT2D eigenvalue weighted by Gasteiger charge is 2.59. The Hall–Kier alpha value is -0.630. The van der Waals surface area contributed by atoms with Crippen molar-refractivity contribution in [3.63, 3.8) is 0 Å². The number of carbonyl (C=O) groups is 1. The van der Waals surface area contributed by atoms with E-state index in [1.807, 2.05) is 0 Å². The van der Waals surface area contributed by atoms with Crippen molar-refractivity contribution in [2.75, 3.05) is 0 Å². The molecule has 0 amide bonds. The molecule has 2 nitrogen and oxygen atoms in total. The standard InChI is InChI=1S/C18H28O2/c1-16(2)12-8-10-18(4)13(6-5-7-15(18)20)17(12,3)11-9-14(16)19/h6,12,15,20H,5,7-11H2,1-4H3/t12-,15-,17+,18-/m0/s1. The van der Waals surface area contributed by atoms with E-state index in [1.54, 1.807) is 0 Å². The van der Waals surface area contributed by atoms with Crippen LogP contribution in [-0.4, -0.2) is 17.0 Å². The zero-order valence-electron chi connectivity index (χ0n) is 13.3. The number of rotatable bonds is 0. The SMILES string of the molecule is CC1(C)C(=O)CC[C@@]2(C)C3=CCC[C@H](O)[C@@]3(C)CC[C@@H]12. The molecule has 3 aliphatic rings. The number of aliphatic hydroxyl groups excluding tert-OH is 1. The van der Waals surface area contributed by atoms with Gasteiger partial charge >= 0.3 is 0 Å². The normalized spacial score (nSPS) is 47.2. The Morgan fingerprint density at radius 1 is 1.10 bits per heavy atom. The fourth-order valence-corrected chi connectivity index (χ4v) is 5.61. The molecule has 0 aromatic rings. The highest BCUT2D eigenvalue weighted by Crippen LogP contribution is 2.65. The molecule has 0 unspecified atom stereocenters. The molecule has 2 saturated carbocycles. The maximum absolute atomic E-state index is 12.3. The van der Waals surface area contributed by atoms with E-state index in [0.717, 1.165) is 32.1 Å². The summed E-state index contributed by atoms with van der Waals surface area (Å²) >= 11 is 0. The van der Waals surface area contributed by atoms with Gasteiger partial charge in [-0.1, -0.05) is 39.3 Å². The van der Waals surface area contributed by atoms with E-state index in [2.05, 4.69) is 33.8 Å². The minimum absolute atomic E-state index is 0.0556. The molecule has 1 N–H and O–H groups in total. The Morgan fingerprint density at radius 2 is 1.80 bits per heavy atom. The smallest absolute Gasteiger partial charge is 0.138 e. The van der Waals surface area contributed by atoms with Gasteiger partial charge in [0.05, 0.1) is 6.10 Å². The third kappa shape index (κ3) is 1.63. The molecular formula is C18H28O2. The number of allylic oxidation sites excluding steroid dienone is 1. The van der Waals surface area contributed by atoms with E-state index in [4.69, 9.17) is 0 Å². The van der Waals surface area contributed by atoms with E-state index >= 15 is 0 Å². The van der Waals surface area contributed by atoms with Gasteiger partial charge in [-0.15, -0.1) is 0 Å². The molecule has 0 saturated heterocycles. The molecule has 0 aliphatic heterocycles. The zero-order valence-corrected chi connectivity index (χ0v) is 13.3. The van der Waals surface area contributed by atoms with Gasteiger partial charge in [0, 0.05) is 17.3 Å². The molecule has 0 aromatic carbocycles. The van der Waals surface area contributed by atoms with Crippen LogP contribution in [0.5, 0.6) is 0 Å². The second-order valence-electron chi connectivity index (χ2n) is 8.28. The first-order valence-electron chi connectivity index (χ1n) is 8.15. The first-order valence-corrected chi connectivity index (χ1v) is 8.15. The monoisotopic (exact) mass is 276 g/mol. The molecule has 4 atom stereocenters. The summed E-state index contributed by atoms with van der Waals surface area (Å²) in [5.74, 6) is 0.862. The Labute approximate surface area is 122 Å². The lowest BCUT2D eigenvalue weighted by molar-refractivity contribution is -0.143. The molecule has 0 spiro atoms. The van der Waals surface area contributed by atoms with Crippen molar-refractivity contribution in [2.24, 2.45) is 22.2 Å². The van der Waals surface area contributed by atoms with Gasteiger partial charge in [-0.2, -0.15) is 0 Å². The van der Waals surface area contributed by atoms with Crippen molar-refractivity contribution < 1.29 is 9.90 Å². The van der Waals surface area contributed by atoms with Gasteiger partial charge in [-0.05, 0) is 43.4 Å². The Kier molecular flexibility index (Phi) is 3.00. The maximum atomic E-state index is 12.3. The van der Waals surface area contributed by atoms with Gasteiger partial charge in [-0.3, -0.25) is 4.79 Å². The highest BCUT2D eigenvalue weighted by molar-refractivity contribution is 5.85. The van der Waals surface area contributed by atoms with E-state index < -0.39 is 0 Å². The Bertz CT molecular complexity index is 476. The second-order valence-corrected chi connectivity index (χ2v) is 8.28. The third-order valence-corrected chi connectivity index (χ3v) is 6.94. The molecule has 0 bridgehead atoms. The summed E-state index contributed by atoms with van der Waals surface area (Å²) in [4.78, 5) is 12.3. The Balaban J connectivity index is 2.08. The summed E-state index contributed by atoms with van der Waals surface area (Å²) in [7, 11) is 0. The molecule has 2 fully saturated rings. The van der Waals surface area contributed by atoms with Crippen molar-refractivity contribution in [2.45, 2.75) is 72.3 Å². The van der Waals surface area contributed by atoms with Gasteiger partial charge in [0.2, 0.25) is 0 Å². The van der Waals surface area contributed by atoms with Crippen LogP contribution in [0.1, 0.15) is 66.2 Å². The fraction of sp³-hybridized carbons (Fsp3) is 0.833. The number of ketones is 1. The highest BCUT2D eigenvalue weighted by atomic mass is 16.3. The van der Waals surface area contributed by atoms with E-state index in [0.29, 0.717) is 18.1 Å². The van der Waals surface area contributed by atoms with Gasteiger partial charge < -0.3 is 5.11 Å². The van der Waals surface area contributed by atoms with Crippen molar-refractivity contribution in [3.05, 3.63) is 11.6 Å². The van der Waals surface area contributed by atoms with E-state index in [1.165, 1.54) is 5.57 Å². The maximum Gasteiger partial charge on any atom is 0.138 e. The van der Waals surface area contributed by atoms with Crippen LogP contribution in [0.4, 0.5) is 0 Å². The van der Waals surface area contributed by atoms with Crippen LogP contribution in [0.25, 0.3) is 0 Å². The second kappa shape index (κ2) is 4.19. The van der Waals surface area contributed by atoms with Gasteiger partial charge in [0.15, 0.2) is 0 Å². The van der Waals surface area contributed by atoms with Crippen LogP contribution in [0.15, 0.2) is 11.6 Å². The summed E-state index contributed by atoms with van der Waals surface area (Å²) in [6, 6.07) is 0. The Morgan fingerprint density at radius 3 is 2.50 bits per heavy atom. The van der Waals surface area contributed by atoms with Crippen LogP contribution in [0, 0.1) is 22.2 Å². The van der Waals surface area contributed by atoms with Gasteiger partial charge in [0.1, 0.15) is 5.78 Å². The molecule has 20 heavy (non-hydrogen) atoms. The van der Waals surface area contributed by atoms with Crippen LogP contribution in [-0.2, 0) is 4.79 Å². The predicted octanol–water partition coefficient (Wildman–Crippen LogP) is 3.88. The number of hydrogen-bond acceptors (Lipinski definition) is 2. The molecule has 0 aromatic heterocycles. The largest absolute Gasteiger partial charge is 0.392 e. The lowest BCUT2D eigenvalue weighted by atomic mass is 9.43. The predicted molar refractivity (Wildman–Crippen MR) is 80.3 cm³/mol. The van der Waals surface area contributed by atoms with Crippen molar-refractivity contribution >= 4 is 5.78 Å². The lowest BCUT2D eigenvalue weighted by Gasteiger charge is -2.60. The molecule has 112 valence electrons. The molecule has 3 rings (SSSR count). The topological polar surface area (TPSA) is 37.3 Å². The summed E-state index contributed by atoms with van der Waals surface area (Å²) in [5, 5.41) is 10.5. The van der Waals surface area contributed by atoms with Crippen LogP contribution in [0.2, 0.25) is 0 Å².